The van der Waals surface area contributed by atoms with Crippen molar-refractivity contribution in [1.82, 2.24) is 4.90 Å². The molecule has 0 unspecified atom stereocenters. The average Bonchev–Trinajstić information content (AvgIpc) is 1.94. The van der Waals surface area contributed by atoms with Crippen LogP contribution in [0.25, 0.3) is 0 Å². The second-order valence-corrected chi connectivity index (χ2v) is 2.96. The van der Waals surface area contributed by atoms with Gasteiger partial charge in [-0.25, -0.2) is 0 Å². The molecule has 1 heterocycles. The van der Waals surface area contributed by atoms with Crippen LogP contribution in [0.4, 0.5) is 0 Å². The first-order chi connectivity index (χ1) is 4.84. The zero-order valence-electron chi connectivity index (χ0n) is 6.97. The highest BCUT2D eigenvalue weighted by Crippen LogP contribution is 2.05. The van der Waals surface area contributed by atoms with Crippen LogP contribution in [-0.2, 0) is 4.74 Å². The van der Waals surface area contributed by atoms with Crippen LogP contribution in [0.3, 0.4) is 0 Å². The smallest absolute Gasteiger partial charge is 0.0619 e. The number of hydrogen-bond donors (Lipinski definition) is 0. The standard InChI is InChI=1S/C8H17NO/c1-3-4-9-5-6-10-7-8(9)2/h8H,3-7H2,1-2H3/t8-/m0/s1. The van der Waals surface area contributed by atoms with Crippen molar-refractivity contribution in [1.29, 1.82) is 0 Å². The Hall–Kier alpha value is -0.0800. The molecule has 10 heavy (non-hydrogen) atoms. The van der Waals surface area contributed by atoms with Gasteiger partial charge in [-0.1, -0.05) is 6.92 Å². The van der Waals surface area contributed by atoms with E-state index in [0.717, 1.165) is 19.8 Å². The first-order valence-corrected chi connectivity index (χ1v) is 4.16. The summed E-state index contributed by atoms with van der Waals surface area (Å²) >= 11 is 0. The molecule has 0 N–H and O–H groups in total. The fourth-order valence-electron chi connectivity index (χ4n) is 1.38. The van der Waals surface area contributed by atoms with E-state index in [1.807, 2.05) is 0 Å². The number of nitrogens with zero attached hydrogens (tertiary/aromatic N) is 1. The topological polar surface area (TPSA) is 12.5 Å². The van der Waals surface area contributed by atoms with Crippen molar-refractivity contribution in [3.05, 3.63) is 0 Å². The van der Waals surface area contributed by atoms with Gasteiger partial charge in [-0.15, -0.1) is 0 Å². The number of rotatable bonds is 2. The van der Waals surface area contributed by atoms with Crippen LogP contribution >= 0.6 is 0 Å². The van der Waals surface area contributed by atoms with E-state index in [1.54, 1.807) is 0 Å². The Kier molecular flexibility index (Phi) is 3.16. The van der Waals surface area contributed by atoms with E-state index >= 15 is 0 Å². The summed E-state index contributed by atoms with van der Waals surface area (Å²) in [5.74, 6) is 0. The van der Waals surface area contributed by atoms with Crippen molar-refractivity contribution in [2.75, 3.05) is 26.3 Å². The first-order valence-electron chi connectivity index (χ1n) is 4.16. The molecule has 0 saturated carbocycles. The third kappa shape index (κ3) is 1.96. The predicted molar refractivity (Wildman–Crippen MR) is 42.1 cm³/mol. The summed E-state index contributed by atoms with van der Waals surface area (Å²) in [5, 5.41) is 0. The Labute approximate surface area is 63.2 Å². The summed E-state index contributed by atoms with van der Waals surface area (Å²) in [7, 11) is 0. The summed E-state index contributed by atoms with van der Waals surface area (Å²) in [6.45, 7) is 8.64. The second kappa shape index (κ2) is 3.94. The van der Waals surface area contributed by atoms with Crippen molar-refractivity contribution in [3.8, 4) is 0 Å². The minimum Gasteiger partial charge on any atom is -0.379 e. The minimum atomic E-state index is 0.633. The van der Waals surface area contributed by atoms with Crippen molar-refractivity contribution < 1.29 is 4.74 Å². The van der Waals surface area contributed by atoms with E-state index in [9.17, 15) is 0 Å². The van der Waals surface area contributed by atoms with Crippen LogP contribution in [0.5, 0.6) is 0 Å². The molecule has 0 amide bonds. The summed E-state index contributed by atoms with van der Waals surface area (Å²) in [4.78, 5) is 2.49. The summed E-state index contributed by atoms with van der Waals surface area (Å²) < 4.78 is 5.32. The molecule has 0 aromatic rings. The van der Waals surface area contributed by atoms with Gasteiger partial charge in [-0.2, -0.15) is 0 Å². The molecule has 0 bridgehead atoms. The molecule has 1 aliphatic heterocycles. The van der Waals surface area contributed by atoms with E-state index in [-0.39, 0.29) is 0 Å². The molecule has 60 valence electrons. The summed E-state index contributed by atoms with van der Waals surface area (Å²) in [6.07, 6.45) is 1.25. The minimum absolute atomic E-state index is 0.633. The van der Waals surface area contributed by atoms with Crippen molar-refractivity contribution >= 4 is 0 Å². The van der Waals surface area contributed by atoms with Gasteiger partial charge >= 0.3 is 0 Å². The van der Waals surface area contributed by atoms with Gasteiger partial charge in [0.05, 0.1) is 13.2 Å². The molecule has 0 aromatic carbocycles. The molecule has 0 aliphatic carbocycles. The van der Waals surface area contributed by atoms with E-state index in [0.29, 0.717) is 6.04 Å². The molecule has 0 aromatic heterocycles. The van der Waals surface area contributed by atoms with Gasteiger partial charge in [0.1, 0.15) is 0 Å². The van der Waals surface area contributed by atoms with Crippen molar-refractivity contribution in [3.63, 3.8) is 0 Å². The van der Waals surface area contributed by atoms with E-state index in [4.69, 9.17) is 4.74 Å². The molecule has 1 fully saturated rings. The maximum atomic E-state index is 5.32. The fraction of sp³-hybridized carbons (Fsp3) is 1.00. The van der Waals surface area contributed by atoms with Crippen LogP contribution < -0.4 is 0 Å². The zero-order chi connectivity index (χ0) is 7.40. The normalized spacial score (nSPS) is 28.8. The third-order valence-electron chi connectivity index (χ3n) is 2.02. The first kappa shape index (κ1) is 8.02. The van der Waals surface area contributed by atoms with Crippen LogP contribution in [0.15, 0.2) is 0 Å². The monoisotopic (exact) mass is 143 g/mol. The molecule has 1 saturated heterocycles. The molecule has 1 rings (SSSR count). The van der Waals surface area contributed by atoms with Crippen LogP contribution in [0, 0.1) is 0 Å². The highest BCUT2D eigenvalue weighted by Gasteiger charge is 2.16. The van der Waals surface area contributed by atoms with Gasteiger partial charge in [0.25, 0.3) is 0 Å². The van der Waals surface area contributed by atoms with Gasteiger partial charge in [0, 0.05) is 12.6 Å². The molecular weight excluding hydrogens is 126 g/mol. The molecule has 2 heteroatoms. The Morgan fingerprint density at radius 1 is 1.60 bits per heavy atom. The lowest BCUT2D eigenvalue weighted by atomic mass is 10.2. The predicted octanol–water partition coefficient (Wildman–Crippen LogP) is 1.12. The quantitative estimate of drug-likeness (QED) is 0.574. The van der Waals surface area contributed by atoms with Gasteiger partial charge in [-0.3, -0.25) is 4.90 Å². The fourth-order valence-corrected chi connectivity index (χ4v) is 1.38. The highest BCUT2D eigenvalue weighted by molar-refractivity contribution is 4.69. The molecule has 0 spiro atoms. The lowest BCUT2D eigenvalue weighted by molar-refractivity contribution is -0.0000899. The summed E-state index contributed by atoms with van der Waals surface area (Å²) in [5.41, 5.74) is 0. The van der Waals surface area contributed by atoms with Gasteiger partial charge in [-0.05, 0) is 19.9 Å². The zero-order valence-corrected chi connectivity index (χ0v) is 6.97. The maximum absolute atomic E-state index is 5.32. The molecule has 0 radical (unpaired) electrons. The largest absolute Gasteiger partial charge is 0.379 e. The maximum Gasteiger partial charge on any atom is 0.0619 e. The lowest BCUT2D eigenvalue weighted by Crippen LogP contribution is -2.43. The Bertz CT molecular complexity index is 93.3. The SMILES string of the molecule is CCCN1CCOC[C@@H]1C. The second-order valence-electron chi connectivity index (χ2n) is 2.96. The van der Waals surface area contributed by atoms with Gasteiger partial charge in [0.15, 0.2) is 0 Å². The van der Waals surface area contributed by atoms with E-state index < -0.39 is 0 Å². The van der Waals surface area contributed by atoms with E-state index in [2.05, 4.69) is 18.7 Å². The molecule has 1 aliphatic rings. The van der Waals surface area contributed by atoms with Crippen LogP contribution in [0.1, 0.15) is 20.3 Å². The van der Waals surface area contributed by atoms with Crippen LogP contribution in [0.2, 0.25) is 0 Å². The summed E-state index contributed by atoms with van der Waals surface area (Å²) in [6, 6.07) is 0.633. The lowest BCUT2D eigenvalue weighted by Gasteiger charge is -2.32. The molecule has 1 atom stereocenters. The Morgan fingerprint density at radius 3 is 3.00 bits per heavy atom. The van der Waals surface area contributed by atoms with Crippen LogP contribution in [-0.4, -0.2) is 37.2 Å². The van der Waals surface area contributed by atoms with Crippen molar-refractivity contribution in [2.24, 2.45) is 0 Å². The van der Waals surface area contributed by atoms with Crippen molar-refractivity contribution in [2.45, 2.75) is 26.3 Å². The highest BCUT2D eigenvalue weighted by atomic mass is 16.5. The van der Waals surface area contributed by atoms with E-state index in [1.165, 1.54) is 13.0 Å². The molecule has 2 nitrogen and oxygen atoms in total. The Morgan fingerprint density at radius 2 is 2.40 bits per heavy atom. The van der Waals surface area contributed by atoms with Gasteiger partial charge in [0.2, 0.25) is 0 Å². The molecular formula is C8H17NO. The van der Waals surface area contributed by atoms with Gasteiger partial charge < -0.3 is 4.74 Å². The third-order valence-corrected chi connectivity index (χ3v) is 2.02. The number of hydrogen-bond acceptors (Lipinski definition) is 2. The number of ether oxygens (including phenoxy) is 1. The number of morpholine rings is 1. The Balaban J connectivity index is 2.25. The average molecular weight is 143 g/mol.